The number of hydrogen-bond donors (Lipinski definition) is 1. The Kier molecular flexibility index (Phi) is 6.62. The first-order valence-electron chi connectivity index (χ1n) is 7.67. The zero-order valence-electron chi connectivity index (χ0n) is 12.9. The molecule has 126 valence electrons. The van der Waals surface area contributed by atoms with Gasteiger partial charge in [0.1, 0.15) is 0 Å². The van der Waals surface area contributed by atoms with Gasteiger partial charge >= 0.3 is 0 Å². The lowest BCUT2D eigenvalue weighted by Gasteiger charge is -2.20. The predicted octanol–water partition coefficient (Wildman–Crippen LogP) is 2.63. The molecular weight excluding hydrogens is 336 g/mol. The third-order valence-electron chi connectivity index (χ3n) is 3.67. The van der Waals surface area contributed by atoms with E-state index in [2.05, 4.69) is 4.72 Å². The largest absolute Gasteiger partial charge is 0.341 e. The first-order chi connectivity index (χ1) is 11.0. The number of halogens is 1. The topological polar surface area (TPSA) is 66.5 Å². The van der Waals surface area contributed by atoms with Crippen LogP contribution in [0, 0.1) is 0 Å². The Hall–Kier alpha value is -1.37. The van der Waals surface area contributed by atoms with E-state index in [1.807, 2.05) is 0 Å². The number of carbonyl (C=O) groups is 1. The maximum Gasteiger partial charge on any atom is 0.233 e. The molecule has 0 aliphatic carbocycles. The first-order valence-corrected chi connectivity index (χ1v) is 9.60. The van der Waals surface area contributed by atoms with Crippen molar-refractivity contribution in [2.45, 2.75) is 25.7 Å². The minimum Gasteiger partial charge on any atom is -0.341 e. The maximum absolute atomic E-state index is 11.9. The Labute approximate surface area is 142 Å². The number of nitrogens with zero attached hydrogens (tertiary/aromatic N) is 1. The standard InChI is InChI=1S/C16H21ClN2O3S/c17-15-7-5-14(6-8-15)9-13-23(21,22)18-10-12-19-11-3-1-2-4-16(19)20/h5-9,13,18H,1-4,10-12H2/b13-9+. The summed E-state index contributed by atoms with van der Waals surface area (Å²) in [7, 11) is -3.52. The molecule has 0 saturated carbocycles. The molecule has 0 bridgehead atoms. The molecule has 1 aromatic carbocycles. The van der Waals surface area contributed by atoms with Gasteiger partial charge in [0, 0.05) is 36.5 Å². The highest BCUT2D eigenvalue weighted by Crippen LogP contribution is 2.12. The van der Waals surface area contributed by atoms with Crippen LogP contribution in [0.1, 0.15) is 31.2 Å². The molecule has 1 aliphatic heterocycles. The van der Waals surface area contributed by atoms with Crippen molar-refractivity contribution in [3.8, 4) is 0 Å². The fourth-order valence-corrected chi connectivity index (χ4v) is 3.32. The van der Waals surface area contributed by atoms with E-state index < -0.39 is 10.0 Å². The predicted molar refractivity (Wildman–Crippen MR) is 92.5 cm³/mol. The number of hydrogen-bond acceptors (Lipinski definition) is 3. The highest BCUT2D eigenvalue weighted by atomic mass is 35.5. The lowest BCUT2D eigenvalue weighted by Crippen LogP contribution is -2.37. The minimum atomic E-state index is -3.52. The van der Waals surface area contributed by atoms with Crippen LogP contribution in [0.2, 0.25) is 5.02 Å². The van der Waals surface area contributed by atoms with Crippen LogP contribution in [-0.2, 0) is 14.8 Å². The van der Waals surface area contributed by atoms with E-state index in [0.29, 0.717) is 24.5 Å². The maximum atomic E-state index is 11.9. The fourth-order valence-electron chi connectivity index (χ4n) is 2.39. The van der Waals surface area contributed by atoms with E-state index in [9.17, 15) is 13.2 Å². The van der Waals surface area contributed by atoms with Crippen molar-refractivity contribution in [2.24, 2.45) is 0 Å². The van der Waals surface area contributed by atoms with E-state index in [1.54, 1.807) is 29.2 Å². The smallest absolute Gasteiger partial charge is 0.233 e. The summed E-state index contributed by atoms with van der Waals surface area (Å²) in [6.07, 6.45) is 5.02. The third-order valence-corrected chi connectivity index (χ3v) is 5.02. The first kappa shape index (κ1) is 18.0. The van der Waals surface area contributed by atoms with Crippen LogP contribution in [-0.4, -0.2) is 38.9 Å². The average Bonchev–Trinajstić information content (AvgIpc) is 2.72. The van der Waals surface area contributed by atoms with Crippen LogP contribution >= 0.6 is 11.6 Å². The number of nitrogens with one attached hydrogen (secondary N) is 1. The highest BCUT2D eigenvalue weighted by molar-refractivity contribution is 7.92. The quantitative estimate of drug-likeness (QED) is 0.852. The Bertz CT molecular complexity index is 656. The molecule has 1 saturated heterocycles. The van der Waals surface area contributed by atoms with Gasteiger partial charge in [0.2, 0.25) is 15.9 Å². The number of rotatable bonds is 6. The summed E-state index contributed by atoms with van der Waals surface area (Å²) in [4.78, 5) is 13.6. The van der Waals surface area contributed by atoms with Gasteiger partial charge < -0.3 is 4.90 Å². The third kappa shape index (κ3) is 6.33. The highest BCUT2D eigenvalue weighted by Gasteiger charge is 2.16. The van der Waals surface area contributed by atoms with Gasteiger partial charge in [0.15, 0.2) is 0 Å². The summed E-state index contributed by atoms with van der Waals surface area (Å²) in [5.74, 6) is 0.110. The molecule has 1 fully saturated rings. The molecule has 2 rings (SSSR count). The lowest BCUT2D eigenvalue weighted by molar-refractivity contribution is -0.130. The second-order valence-electron chi connectivity index (χ2n) is 5.49. The molecule has 1 amide bonds. The lowest BCUT2D eigenvalue weighted by atomic mass is 10.2. The summed E-state index contributed by atoms with van der Waals surface area (Å²) in [5.41, 5.74) is 0.752. The summed E-state index contributed by atoms with van der Waals surface area (Å²) < 4.78 is 26.4. The summed E-state index contributed by atoms with van der Waals surface area (Å²) in [6.45, 7) is 1.34. The Morgan fingerprint density at radius 2 is 1.91 bits per heavy atom. The molecule has 0 unspecified atom stereocenters. The van der Waals surface area contributed by atoms with Gasteiger partial charge in [0.05, 0.1) is 0 Å². The second kappa shape index (κ2) is 8.47. The van der Waals surface area contributed by atoms with Gasteiger partial charge in [-0.3, -0.25) is 4.79 Å². The van der Waals surface area contributed by atoms with Crippen LogP contribution < -0.4 is 4.72 Å². The molecule has 0 radical (unpaired) electrons. The monoisotopic (exact) mass is 356 g/mol. The molecule has 0 atom stereocenters. The number of carbonyl (C=O) groups excluding carboxylic acids is 1. The molecular formula is C16H21ClN2O3S. The SMILES string of the molecule is O=C1CCCCCN1CCNS(=O)(=O)/C=C/c1ccc(Cl)cc1. The zero-order valence-corrected chi connectivity index (χ0v) is 14.4. The van der Waals surface area contributed by atoms with Crippen molar-refractivity contribution in [2.75, 3.05) is 19.6 Å². The number of amides is 1. The van der Waals surface area contributed by atoms with Crippen LogP contribution in [0.4, 0.5) is 0 Å². The Morgan fingerprint density at radius 3 is 2.65 bits per heavy atom. The Balaban J connectivity index is 1.83. The number of benzene rings is 1. The number of likely N-dealkylation sites (tertiary alicyclic amines) is 1. The van der Waals surface area contributed by atoms with Gasteiger partial charge in [-0.1, -0.05) is 30.2 Å². The molecule has 1 heterocycles. The van der Waals surface area contributed by atoms with Crippen molar-refractivity contribution < 1.29 is 13.2 Å². The summed E-state index contributed by atoms with van der Waals surface area (Å²) in [5, 5.41) is 1.73. The van der Waals surface area contributed by atoms with Crippen molar-refractivity contribution in [1.29, 1.82) is 0 Å². The molecule has 0 aromatic heterocycles. The molecule has 7 heteroatoms. The molecule has 1 aromatic rings. The van der Waals surface area contributed by atoms with Crippen molar-refractivity contribution in [1.82, 2.24) is 9.62 Å². The van der Waals surface area contributed by atoms with E-state index in [4.69, 9.17) is 11.6 Å². The van der Waals surface area contributed by atoms with Crippen molar-refractivity contribution in [3.05, 3.63) is 40.3 Å². The fraction of sp³-hybridized carbons (Fsp3) is 0.438. The second-order valence-corrected chi connectivity index (χ2v) is 7.57. The van der Waals surface area contributed by atoms with Crippen LogP contribution in [0.25, 0.3) is 6.08 Å². The molecule has 1 aliphatic rings. The zero-order chi connectivity index (χ0) is 16.7. The van der Waals surface area contributed by atoms with E-state index >= 15 is 0 Å². The van der Waals surface area contributed by atoms with E-state index in [-0.39, 0.29) is 12.5 Å². The van der Waals surface area contributed by atoms with E-state index in [1.165, 1.54) is 6.08 Å². The van der Waals surface area contributed by atoms with Gasteiger partial charge in [-0.15, -0.1) is 0 Å². The molecule has 0 spiro atoms. The van der Waals surface area contributed by atoms with Gasteiger partial charge in [-0.05, 0) is 36.6 Å². The van der Waals surface area contributed by atoms with Crippen LogP contribution in [0.3, 0.4) is 0 Å². The molecule has 23 heavy (non-hydrogen) atoms. The number of sulfonamides is 1. The van der Waals surface area contributed by atoms with Crippen LogP contribution in [0.15, 0.2) is 29.7 Å². The van der Waals surface area contributed by atoms with Gasteiger partial charge in [-0.25, -0.2) is 13.1 Å². The van der Waals surface area contributed by atoms with Crippen molar-refractivity contribution in [3.63, 3.8) is 0 Å². The minimum absolute atomic E-state index is 0.110. The van der Waals surface area contributed by atoms with Crippen LogP contribution in [0.5, 0.6) is 0 Å². The molecule has 5 nitrogen and oxygen atoms in total. The van der Waals surface area contributed by atoms with E-state index in [0.717, 1.165) is 30.2 Å². The van der Waals surface area contributed by atoms with Gasteiger partial charge in [-0.2, -0.15) is 0 Å². The Morgan fingerprint density at radius 1 is 1.17 bits per heavy atom. The van der Waals surface area contributed by atoms with Crippen molar-refractivity contribution >= 4 is 33.6 Å². The summed E-state index contributed by atoms with van der Waals surface area (Å²) >= 11 is 5.78. The average molecular weight is 357 g/mol. The normalized spacial score (nSPS) is 16.7. The van der Waals surface area contributed by atoms with Gasteiger partial charge in [0.25, 0.3) is 0 Å². The summed E-state index contributed by atoms with van der Waals surface area (Å²) in [6, 6.07) is 6.88. The molecule has 1 N–H and O–H groups in total.